The third-order valence-corrected chi connectivity index (χ3v) is 2.94. The van der Waals surface area contributed by atoms with Crippen LogP contribution in [0.15, 0.2) is 24.3 Å². The van der Waals surface area contributed by atoms with Gasteiger partial charge >= 0.3 is 0 Å². The Balaban J connectivity index is 2.40. The van der Waals surface area contributed by atoms with Crippen molar-refractivity contribution in [2.24, 2.45) is 0 Å². The van der Waals surface area contributed by atoms with E-state index in [-0.39, 0.29) is 5.82 Å². The summed E-state index contributed by atoms with van der Waals surface area (Å²) in [5.74, 6) is -0.208. The van der Waals surface area contributed by atoms with Gasteiger partial charge in [-0.15, -0.1) is 0 Å². The van der Waals surface area contributed by atoms with E-state index >= 15 is 0 Å². The van der Waals surface area contributed by atoms with Gasteiger partial charge in [0.2, 0.25) is 0 Å². The van der Waals surface area contributed by atoms with Gasteiger partial charge in [-0.3, -0.25) is 0 Å². The normalized spacial score (nSPS) is 10.1. The molecule has 1 aromatic rings. The molecule has 0 aliphatic heterocycles. The average Bonchev–Trinajstić information content (AvgIpc) is 2.32. The zero-order chi connectivity index (χ0) is 12.7. The Morgan fingerprint density at radius 2 is 2.00 bits per heavy atom. The lowest BCUT2D eigenvalue weighted by Crippen LogP contribution is -2.36. The first-order valence-corrected chi connectivity index (χ1v) is 6.27. The Hall–Kier alpha value is -1.16. The molecule has 0 radical (unpaired) electrons. The van der Waals surface area contributed by atoms with Crippen molar-refractivity contribution in [3.8, 4) is 0 Å². The molecule has 0 saturated carbocycles. The summed E-state index contributed by atoms with van der Waals surface area (Å²) in [7, 11) is 1.94. The lowest BCUT2D eigenvalue weighted by Gasteiger charge is -2.21. The fraction of sp³-hybridized carbons (Fsp3) is 0.462. The van der Waals surface area contributed by atoms with Crippen molar-refractivity contribution in [2.45, 2.75) is 26.3 Å². The molecule has 0 heterocycles. The monoisotopic (exact) mass is 254 g/mol. The third-order valence-electron chi connectivity index (χ3n) is 2.49. The molecule has 0 aromatic heterocycles. The van der Waals surface area contributed by atoms with Gasteiger partial charge in [0.15, 0.2) is 5.11 Å². The summed E-state index contributed by atoms with van der Waals surface area (Å²) in [6.45, 7) is 3.74. The minimum absolute atomic E-state index is 0.208. The Morgan fingerprint density at radius 1 is 1.35 bits per heavy atom. The predicted molar refractivity (Wildman–Crippen MR) is 73.4 cm³/mol. The number of unbranched alkanes of at least 4 members (excludes halogenated alkanes) is 1. The standard InChI is InChI=1S/C13H19FN2S/c1-3-4-9-15-13(17)16(2)10-11-5-7-12(14)8-6-11/h5-8H,3-4,9-10H2,1-2H3,(H,15,17). The van der Waals surface area contributed by atoms with Crippen LogP contribution in [-0.4, -0.2) is 23.6 Å². The molecule has 0 spiro atoms. The Bertz CT molecular complexity index is 351. The lowest BCUT2D eigenvalue weighted by molar-refractivity contribution is 0.487. The average molecular weight is 254 g/mol. The Kier molecular flexibility index (Phi) is 5.91. The minimum Gasteiger partial charge on any atom is -0.363 e. The van der Waals surface area contributed by atoms with Gasteiger partial charge < -0.3 is 10.2 Å². The van der Waals surface area contributed by atoms with Crippen molar-refractivity contribution < 1.29 is 4.39 Å². The first-order valence-electron chi connectivity index (χ1n) is 5.87. The second-order valence-electron chi connectivity index (χ2n) is 4.07. The van der Waals surface area contributed by atoms with Crippen LogP contribution < -0.4 is 5.32 Å². The highest BCUT2D eigenvalue weighted by Gasteiger charge is 2.04. The molecule has 1 aromatic carbocycles. The van der Waals surface area contributed by atoms with E-state index in [0.29, 0.717) is 6.54 Å². The fourth-order valence-electron chi connectivity index (χ4n) is 1.44. The largest absolute Gasteiger partial charge is 0.363 e. The lowest BCUT2D eigenvalue weighted by atomic mass is 10.2. The maximum atomic E-state index is 12.7. The number of nitrogens with one attached hydrogen (secondary N) is 1. The predicted octanol–water partition coefficient (Wildman–Crippen LogP) is 2.93. The van der Waals surface area contributed by atoms with E-state index < -0.39 is 0 Å². The fourth-order valence-corrected chi connectivity index (χ4v) is 1.61. The zero-order valence-electron chi connectivity index (χ0n) is 10.4. The smallest absolute Gasteiger partial charge is 0.168 e. The van der Waals surface area contributed by atoms with Crippen molar-refractivity contribution in [1.82, 2.24) is 10.2 Å². The van der Waals surface area contributed by atoms with E-state index in [4.69, 9.17) is 12.2 Å². The summed E-state index contributed by atoms with van der Waals surface area (Å²) in [5, 5.41) is 3.94. The number of hydrogen-bond acceptors (Lipinski definition) is 1. The van der Waals surface area contributed by atoms with Gasteiger partial charge in [0.05, 0.1) is 0 Å². The van der Waals surface area contributed by atoms with E-state index in [1.54, 1.807) is 12.1 Å². The summed E-state index contributed by atoms with van der Waals surface area (Å²) in [6.07, 6.45) is 2.27. The van der Waals surface area contributed by atoms with Crippen LogP contribution in [0.2, 0.25) is 0 Å². The number of hydrogen-bond donors (Lipinski definition) is 1. The van der Waals surface area contributed by atoms with E-state index in [9.17, 15) is 4.39 Å². The SMILES string of the molecule is CCCCNC(=S)N(C)Cc1ccc(F)cc1. The minimum atomic E-state index is -0.208. The molecule has 0 atom stereocenters. The first-order chi connectivity index (χ1) is 8.13. The van der Waals surface area contributed by atoms with E-state index in [1.165, 1.54) is 12.1 Å². The van der Waals surface area contributed by atoms with Gasteiger partial charge in [-0.25, -0.2) is 4.39 Å². The number of rotatable bonds is 5. The molecule has 4 heteroatoms. The highest BCUT2D eigenvalue weighted by Crippen LogP contribution is 2.05. The molecule has 94 valence electrons. The summed E-state index contributed by atoms with van der Waals surface area (Å²) < 4.78 is 12.7. The van der Waals surface area contributed by atoms with Gasteiger partial charge in [-0.1, -0.05) is 25.5 Å². The van der Waals surface area contributed by atoms with Crippen LogP contribution in [0.25, 0.3) is 0 Å². The molecular formula is C13H19FN2S. The van der Waals surface area contributed by atoms with Crippen molar-refractivity contribution >= 4 is 17.3 Å². The van der Waals surface area contributed by atoms with Crippen LogP contribution in [0.3, 0.4) is 0 Å². The van der Waals surface area contributed by atoms with E-state index in [1.807, 2.05) is 11.9 Å². The Labute approximate surface area is 108 Å². The second-order valence-corrected chi connectivity index (χ2v) is 4.45. The van der Waals surface area contributed by atoms with E-state index in [2.05, 4.69) is 12.2 Å². The van der Waals surface area contributed by atoms with Gasteiger partial charge in [0.1, 0.15) is 5.82 Å². The van der Waals surface area contributed by atoms with Crippen LogP contribution in [0.5, 0.6) is 0 Å². The maximum Gasteiger partial charge on any atom is 0.168 e. The first kappa shape index (κ1) is 13.9. The molecule has 0 amide bonds. The highest BCUT2D eigenvalue weighted by atomic mass is 32.1. The molecule has 0 aliphatic carbocycles. The number of halogens is 1. The van der Waals surface area contributed by atoms with Crippen molar-refractivity contribution in [3.05, 3.63) is 35.6 Å². The summed E-state index contributed by atoms with van der Waals surface area (Å²) in [4.78, 5) is 1.96. The van der Waals surface area contributed by atoms with Crippen molar-refractivity contribution in [1.29, 1.82) is 0 Å². The van der Waals surface area contributed by atoms with Gasteiger partial charge in [-0.05, 0) is 36.3 Å². The van der Waals surface area contributed by atoms with Crippen molar-refractivity contribution in [2.75, 3.05) is 13.6 Å². The molecule has 0 saturated heterocycles. The Morgan fingerprint density at radius 3 is 2.59 bits per heavy atom. The maximum absolute atomic E-state index is 12.7. The molecule has 0 bridgehead atoms. The summed E-state index contributed by atoms with van der Waals surface area (Å²) >= 11 is 5.26. The molecule has 1 rings (SSSR count). The molecule has 0 aliphatic rings. The van der Waals surface area contributed by atoms with Crippen molar-refractivity contribution in [3.63, 3.8) is 0 Å². The quantitative estimate of drug-likeness (QED) is 0.642. The van der Waals surface area contributed by atoms with Crippen LogP contribution in [0, 0.1) is 5.82 Å². The molecule has 0 fully saturated rings. The van der Waals surface area contributed by atoms with Crippen LogP contribution in [0.1, 0.15) is 25.3 Å². The van der Waals surface area contributed by atoms with Gasteiger partial charge in [0.25, 0.3) is 0 Å². The molecule has 1 N–H and O–H groups in total. The van der Waals surface area contributed by atoms with E-state index in [0.717, 1.165) is 30.1 Å². The topological polar surface area (TPSA) is 15.3 Å². The molecule has 2 nitrogen and oxygen atoms in total. The molecule has 17 heavy (non-hydrogen) atoms. The van der Waals surface area contributed by atoms with Crippen LogP contribution in [-0.2, 0) is 6.54 Å². The summed E-state index contributed by atoms with van der Waals surface area (Å²) in [5.41, 5.74) is 1.05. The number of nitrogens with zero attached hydrogens (tertiary/aromatic N) is 1. The zero-order valence-corrected chi connectivity index (χ0v) is 11.2. The second kappa shape index (κ2) is 7.22. The van der Waals surface area contributed by atoms with Crippen LogP contribution in [0.4, 0.5) is 4.39 Å². The third kappa shape index (κ3) is 5.13. The number of thiocarbonyl (C=S) groups is 1. The highest BCUT2D eigenvalue weighted by molar-refractivity contribution is 7.80. The summed E-state index contributed by atoms with van der Waals surface area (Å²) in [6, 6.07) is 6.49. The van der Waals surface area contributed by atoms with Gasteiger partial charge in [0, 0.05) is 20.1 Å². The number of benzene rings is 1. The molecule has 0 unspecified atom stereocenters. The molecular weight excluding hydrogens is 235 g/mol. The van der Waals surface area contributed by atoms with Gasteiger partial charge in [-0.2, -0.15) is 0 Å². The van der Waals surface area contributed by atoms with Crippen LogP contribution >= 0.6 is 12.2 Å².